The maximum absolute atomic E-state index is 14.0. The van der Waals surface area contributed by atoms with E-state index in [4.69, 9.17) is 0 Å². The number of aryl methyl sites for hydroxylation is 4. The maximum atomic E-state index is 14.0. The minimum atomic E-state index is -4.09. The van der Waals surface area contributed by atoms with Crippen LogP contribution in [0.15, 0.2) is 71.6 Å². The van der Waals surface area contributed by atoms with Crippen molar-refractivity contribution in [2.45, 2.75) is 65.4 Å². The molecule has 208 valence electrons. The van der Waals surface area contributed by atoms with Crippen LogP contribution in [0.2, 0.25) is 0 Å². The van der Waals surface area contributed by atoms with Crippen molar-refractivity contribution in [3.05, 3.63) is 94.5 Å². The van der Waals surface area contributed by atoms with Crippen molar-refractivity contribution in [2.75, 3.05) is 17.4 Å². The number of hydrogen-bond acceptors (Lipinski definition) is 4. The average Bonchev–Trinajstić information content (AvgIpc) is 2.89. The number of carbonyl (C=O) groups excluding carboxylic acids is 2. The van der Waals surface area contributed by atoms with Gasteiger partial charge in [0.1, 0.15) is 12.6 Å². The molecule has 0 saturated carbocycles. The summed E-state index contributed by atoms with van der Waals surface area (Å²) >= 11 is 0. The minimum Gasteiger partial charge on any atom is -0.354 e. The lowest BCUT2D eigenvalue weighted by Crippen LogP contribution is -2.51. The third-order valence-electron chi connectivity index (χ3n) is 6.70. The average molecular weight is 550 g/mol. The number of hydrogen-bond donors (Lipinski definition) is 1. The van der Waals surface area contributed by atoms with Crippen LogP contribution >= 0.6 is 0 Å². The number of carbonyl (C=O) groups is 2. The van der Waals surface area contributed by atoms with Gasteiger partial charge in [-0.2, -0.15) is 0 Å². The molecule has 0 bridgehead atoms. The molecule has 0 aliphatic rings. The molecule has 1 N–H and O–H groups in total. The molecule has 1 atom stereocenters. The Hall–Kier alpha value is -3.65. The van der Waals surface area contributed by atoms with Crippen molar-refractivity contribution in [3.8, 4) is 0 Å². The molecule has 3 rings (SSSR count). The van der Waals surface area contributed by atoms with Gasteiger partial charge in [-0.1, -0.05) is 55.0 Å². The van der Waals surface area contributed by atoms with Gasteiger partial charge in [0.2, 0.25) is 11.8 Å². The molecule has 2 amide bonds. The lowest BCUT2D eigenvalue weighted by molar-refractivity contribution is -0.139. The summed E-state index contributed by atoms with van der Waals surface area (Å²) in [6.45, 7) is 11.5. The maximum Gasteiger partial charge on any atom is 0.264 e. The summed E-state index contributed by atoms with van der Waals surface area (Å²) < 4.78 is 29.1. The first-order valence-corrected chi connectivity index (χ1v) is 14.7. The van der Waals surface area contributed by atoms with E-state index < -0.39 is 28.5 Å². The van der Waals surface area contributed by atoms with Crippen LogP contribution in [-0.2, 0) is 26.2 Å². The van der Waals surface area contributed by atoms with E-state index in [9.17, 15) is 18.0 Å². The van der Waals surface area contributed by atoms with Crippen molar-refractivity contribution in [2.24, 2.45) is 0 Å². The van der Waals surface area contributed by atoms with Crippen molar-refractivity contribution < 1.29 is 18.0 Å². The number of nitrogens with one attached hydrogen (secondary N) is 1. The summed E-state index contributed by atoms with van der Waals surface area (Å²) in [6, 6.07) is 18.9. The Balaban J connectivity index is 2.06. The largest absolute Gasteiger partial charge is 0.354 e. The third kappa shape index (κ3) is 7.47. The van der Waals surface area contributed by atoms with Gasteiger partial charge in [0.05, 0.1) is 10.6 Å². The molecule has 3 aromatic carbocycles. The Kier molecular flexibility index (Phi) is 9.92. The molecule has 0 heterocycles. The molecule has 7 nitrogen and oxygen atoms in total. The van der Waals surface area contributed by atoms with Gasteiger partial charge in [0, 0.05) is 13.1 Å². The highest BCUT2D eigenvalue weighted by atomic mass is 32.2. The number of sulfonamides is 1. The molecule has 0 spiro atoms. The third-order valence-corrected chi connectivity index (χ3v) is 8.49. The quantitative estimate of drug-likeness (QED) is 0.362. The van der Waals surface area contributed by atoms with Gasteiger partial charge in [0.25, 0.3) is 10.0 Å². The number of rotatable bonds is 11. The van der Waals surface area contributed by atoms with Crippen LogP contribution in [0.5, 0.6) is 0 Å². The van der Waals surface area contributed by atoms with Crippen LogP contribution in [0, 0.1) is 27.7 Å². The van der Waals surface area contributed by atoms with Crippen molar-refractivity contribution in [1.82, 2.24) is 10.2 Å². The van der Waals surface area contributed by atoms with Gasteiger partial charge < -0.3 is 10.2 Å². The van der Waals surface area contributed by atoms with Crippen LogP contribution in [-0.4, -0.2) is 44.3 Å². The molecule has 0 radical (unpaired) electrons. The molecule has 0 aromatic heterocycles. The lowest BCUT2D eigenvalue weighted by atomic mass is 10.1. The summed E-state index contributed by atoms with van der Waals surface area (Å²) in [5, 5.41) is 2.86. The zero-order valence-electron chi connectivity index (χ0n) is 23.7. The molecular formula is C31H39N3O4S. The molecule has 8 heteroatoms. The first-order chi connectivity index (χ1) is 18.4. The molecule has 3 aromatic rings. The second-order valence-corrected chi connectivity index (χ2v) is 11.9. The van der Waals surface area contributed by atoms with Crippen molar-refractivity contribution in [3.63, 3.8) is 0 Å². The van der Waals surface area contributed by atoms with Crippen LogP contribution in [0.4, 0.5) is 5.69 Å². The summed E-state index contributed by atoms with van der Waals surface area (Å²) in [6.07, 6.45) is 0.763. The Morgan fingerprint density at radius 3 is 2.08 bits per heavy atom. The summed E-state index contributed by atoms with van der Waals surface area (Å²) in [5.74, 6) is -0.745. The van der Waals surface area contributed by atoms with Crippen LogP contribution in [0.1, 0.15) is 48.1 Å². The molecular weight excluding hydrogens is 510 g/mol. The Bertz CT molecular complexity index is 1400. The topological polar surface area (TPSA) is 86.8 Å². The number of benzene rings is 3. The Morgan fingerprint density at radius 1 is 0.872 bits per heavy atom. The second kappa shape index (κ2) is 12.9. The lowest BCUT2D eigenvalue weighted by Gasteiger charge is -2.32. The van der Waals surface area contributed by atoms with E-state index in [2.05, 4.69) is 5.32 Å². The SMILES string of the molecule is CCCNC(=O)[C@H](C)N(Cc1ccccc1C)C(=O)CN(c1cc(C)cc(C)c1)S(=O)(=O)c1ccc(C)cc1. The molecule has 0 unspecified atom stereocenters. The summed E-state index contributed by atoms with van der Waals surface area (Å²) in [4.78, 5) is 28.5. The van der Waals surface area contributed by atoms with Gasteiger partial charge in [-0.15, -0.1) is 0 Å². The summed E-state index contributed by atoms with van der Waals surface area (Å²) in [5.41, 5.74) is 4.96. The number of nitrogens with zero attached hydrogens (tertiary/aromatic N) is 2. The molecule has 0 fully saturated rings. The van der Waals surface area contributed by atoms with E-state index in [1.165, 1.54) is 4.90 Å². The normalized spacial score (nSPS) is 12.1. The highest BCUT2D eigenvalue weighted by Gasteiger charge is 2.32. The predicted molar refractivity (Wildman–Crippen MR) is 156 cm³/mol. The van der Waals surface area contributed by atoms with E-state index in [0.717, 1.165) is 38.5 Å². The monoisotopic (exact) mass is 549 g/mol. The predicted octanol–water partition coefficient (Wildman–Crippen LogP) is 5.06. The van der Waals surface area contributed by atoms with Crippen molar-refractivity contribution >= 4 is 27.5 Å². The van der Waals surface area contributed by atoms with Crippen LogP contribution in [0.25, 0.3) is 0 Å². The minimum absolute atomic E-state index is 0.0965. The standard InChI is InChI=1S/C31H39N3O4S/c1-7-16-32-31(36)26(6)33(20-27-11-9-8-10-25(27)5)30(35)21-34(28-18-23(3)17-24(4)19-28)39(37,38)29-14-12-22(2)13-15-29/h8-15,17-19,26H,7,16,20-21H2,1-6H3,(H,32,36)/t26-/m0/s1. The van der Waals surface area contributed by atoms with Gasteiger partial charge >= 0.3 is 0 Å². The summed E-state index contributed by atoms with van der Waals surface area (Å²) in [7, 11) is -4.09. The number of anilines is 1. The van der Waals surface area contributed by atoms with Crippen LogP contribution < -0.4 is 9.62 Å². The van der Waals surface area contributed by atoms with E-state index in [-0.39, 0.29) is 17.3 Å². The Morgan fingerprint density at radius 2 is 1.49 bits per heavy atom. The second-order valence-electron chi connectivity index (χ2n) is 10.1. The zero-order valence-corrected chi connectivity index (χ0v) is 24.5. The molecule has 0 aliphatic carbocycles. The highest BCUT2D eigenvalue weighted by molar-refractivity contribution is 7.92. The Labute approximate surface area is 232 Å². The fourth-order valence-corrected chi connectivity index (χ4v) is 5.81. The molecule has 39 heavy (non-hydrogen) atoms. The van der Waals surface area contributed by atoms with Gasteiger partial charge in [-0.25, -0.2) is 8.42 Å². The smallest absolute Gasteiger partial charge is 0.264 e. The van der Waals surface area contributed by atoms with Gasteiger partial charge in [-0.3, -0.25) is 13.9 Å². The first kappa shape index (κ1) is 29.9. The van der Waals surface area contributed by atoms with Gasteiger partial charge in [-0.05, 0) is 87.6 Å². The molecule has 0 saturated heterocycles. The number of amides is 2. The zero-order chi connectivity index (χ0) is 28.7. The van der Waals surface area contributed by atoms with Crippen molar-refractivity contribution in [1.29, 1.82) is 0 Å². The van der Waals surface area contributed by atoms with Gasteiger partial charge in [0.15, 0.2) is 0 Å². The van der Waals surface area contributed by atoms with E-state index in [0.29, 0.717) is 12.2 Å². The first-order valence-electron chi connectivity index (χ1n) is 13.2. The van der Waals surface area contributed by atoms with E-state index in [1.807, 2.05) is 65.0 Å². The van der Waals surface area contributed by atoms with E-state index in [1.54, 1.807) is 43.3 Å². The highest BCUT2D eigenvalue weighted by Crippen LogP contribution is 2.27. The molecule has 0 aliphatic heterocycles. The fourth-order valence-electron chi connectivity index (χ4n) is 4.41. The van der Waals surface area contributed by atoms with Crippen LogP contribution in [0.3, 0.4) is 0 Å². The fraction of sp³-hybridized carbons (Fsp3) is 0.355. The van der Waals surface area contributed by atoms with E-state index >= 15 is 0 Å².